The van der Waals surface area contributed by atoms with Crippen LogP contribution in [0.2, 0.25) is 0 Å². The molecule has 0 unspecified atom stereocenters. The first-order valence-corrected chi connectivity index (χ1v) is 10.4. The maximum Gasteiger partial charge on any atom is 0.254 e. The zero-order valence-electron chi connectivity index (χ0n) is 17.0. The smallest absolute Gasteiger partial charge is 0.254 e. The minimum absolute atomic E-state index is 0.00887. The molecule has 2 N–H and O–H groups in total. The van der Waals surface area contributed by atoms with Gasteiger partial charge < -0.3 is 24.7 Å². The molecule has 0 spiro atoms. The molecule has 2 aromatic heterocycles. The number of aromatic amines is 1. The van der Waals surface area contributed by atoms with Gasteiger partial charge in [-0.1, -0.05) is 0 Å². The molecule has 3 aromatic rings. The van der Waals surface area contributed by atoms with Gasteiger partial charge in [0, 0.05) is 42.8 Å². The van der Waals surface area contributed by atoms with Gasteiger partial charge in [0.25, 0.3) is 5.91 Å². The van der Waals surface area contributed by atoms with Crippen molar-refractivity contribution in [3.05, 3.63) is 41.7 Å². The van der Waals surface area contributed by atoms with Gasteiger partial charge in [0.2, 0.25) is 5.95 Å². The molecule has 30 heavy (non-hydrogen) atoms. The van der Waals surface area contributed by atoms with E-state index in [1.165, 1.54) is 12.8 Å². The summed E-state index contributed by atoms with van der Waals surface area (Å²) in [5.41, 5.74) is 3.22. The monoisotopic (exact) mass is 407 g/mol. The number of aromatic nitrogens is 3. The maximum atomic E-state index is 12.9. The summed E-state index contributed by atoms with van der Waals surface area (Å²) in [6, 6.07) is 7.46. The van der Waals surface area contributed by atoms with Crippen LogP contribution in [0.5, 0.6) is 5.75 Å². The van der Waals surface area contributed by atoms with Crippen molar-refractivity contribution in [2.75, 3.05) is 38.7 Å². The summed E-state index contributed by atoms with van der Waals surface area (Å²) in [5.74, 6) is 1.60. The van der Waals surface area contributed by atoms with Crippen LogP contribution in [0, 0.1) is 0 Å². The number of carbonyl (C=O) groups is 1. The Kier molecular flexibility index (Phi) is 5.00. The molecule has 8 nitrogen and oxygen atoms in total. The molecule has 2 fully saturated rings. The highest BCUT2D eigenvalue weighted by Crippen LogP contribution is 2.42. The second-order valence-corrected chi connectivity index (χ2v) is 7.74. The van der Waals surface area contributed by atoms with Crippen LogP contribution in [0.15, 0.2) is 30.5 Å². The second-order valence-electron chi connectivity index (χ2n) is 7.74. The number of rotatable bonds is 5. The molecule has 5 rings (SSSR count). The number of amides is 1. The Labute approximate surface area is 174 Å². The van der Waals surface area contributed by atoms with Crippen molar-refractivity contribution >= 4 is 28.6 Å². The highest BCUT2D eigenvalue weighted by molar-refractivity contribution is 5.95. The molecular formula is C22H25N5O3. The summed E-state index contributed by atoms with van der Waals surface area (Å²) in [4.78, 5) is 27.3. The molecule has 156 valence electrons. The standard InChI is InChI=1S/C22H25N5O3/c1-29-18-13-15(21(28)27-9-2-11-30-12-10-27)5-6-17(18)24-22-25-19(14-3-4-14)16-7-8-23-20(16)26-22/h5-8,13-14H,2-4,9-12H2,1H3,(H2,23,24,25,26). The minimum Gasteiger partial charge on any atom is -0.495 e. The van der Waals surface area contributed by atoms with Crippen molar-refractivity contribution in [2.45, 2.75) is 25.2 Å². The number of carbonyl (C=O) groups excluding carboxylic acids is 1. The highest BCUT2D eigenvalue weighted by atomic mass is 16.5. The first-order valence-electron chi connectivity index (χ1n) is 10.4. The number of methoxy groups -OCH3 is 1. The van der Waals surface area contributed by atoms with Crippen molar-refractivity contribution in [2.24, 2.45) is 0 Å². The summed E-state index contributed by atoms with van der Waals surface area (Å²) in [6.45, 7) is 2.58. The average Bonchev–Trinajstić information content (AvgIpc) is 3.56. The Morgan fingerprint density at radius 2 is 2.13 bits per heavy atom. The summed E-state index contributed by atoms with van der Waals surface area (Å²) >= 11 is 0. The third-order valence-corrected chi connectivity index (χ3v) is 5.61. The Bertz CT molecular complexity index is 1070. The number of hydrogen-bond donors (Lipinski definition) is 2. The molecule has 0 bridgehead atoms. The molecule has 0 radical (unpaired) electrons. The molecule has 2 aliphatic rings. The molecule has 1 amide bonds. The van der Waals surface area contributed by atoms with Crippen molar-refractivity contribution in [3.8, 4) is 5.75 Å². The van der Waals surface area contributed by atoms with E-state index in [-0.39, 0.29) is 5.91 Å². The molecule has 1 saturated heterocycles. The number of anilines is 2. The van der Waals surface area contributed by atoms with Gasteiger partial charge in [-0.15, -0.1) is 0 Å². The van der Waals surface area contributed by atoms with Crippen LogP contribution >= 0.6 is 0 Å². The summed E-state index contributed by atoms with van der Waals surface area (Å²) in [7, 11) is 1.60. The Balaban J connectivity index is 1.41. The van der Waals surface area contributed by atoms with Crippen LogP contribution < -0.4 is 10.1 Å². The van der Waals surface area contributed by atoms with Gasteiger partial charge in [0.15, 0.2) is 0 Å². The normalized spacial score (nSPS) is 17.0. The predicted molar refractivity (Wildman–Crippen MR) is 113 cm³/mol. The molecule has 3 heterocycles. The number of ether oxygens (including phenoxy) is 2. The molecule has 1 aliphatic heterocycles. The number of nitrogens with one attached hydrogen (secondary N) is 2. The lowest BCUT2D eigenvalue weighted by atomic mass is 10.1. The third kappa shape index (κ3) is 3.70. The van der Waals surface area contributed by atoms with Crippen LogP contribution in [-0.4, -0.2) is 59.2 Å². The van der Waals surface area contributed by atoms with Crippen molar-refractivity contribution in [3.63, 3.8) is 0 Å². The molecular weight excluding hydrogens is 382 g/mol. The van der Waals surface area contributed by atoms with E-state index >= 15 is 0 Å². The quantitative estimate of drug-likeness (QED) is 0.673. The van der Waals surface area contributed by atoms with E-state index < -0.39 is 0 Å². The molecule has 1 saturated carbocycles. The van der Waals surface area contributed by atoms with Gasteiger partial charge in [0.1, 0.15) is 11.4 Å². The number of hydrogen-bond acceptors (Lipinski definition) is 6. The van der Waals surface area contributed by atoms with Gasteiger partial charge in [-0.2, -0.15) is 4.98 Å². The number of H-pyrrole nitrogens is 1. The van der Waals surface area contributed by atoms with Gasteiger partial charge >= 0.3 is 0 Å². The van der Waals surface area contributed by atoms with E-state index in [2.05, 4.69) is 15.3 Å². The SMILES string of the molecule is COc1cc(C(=O)N2CCCOCC2)ccc1Nc1nc(C2CC2)c2cc[nH]c2n1. The molecule has 8 heteroatoms. The predicted octanol–water partition coefficient (Wildman–Crippen LogP) is 3.45. The Morgan fingerprint density at radius 1 is 1.23 bits per heavy atom. The lowest BCUT2D eigenvalue weighted by Gasteiger charge is -2.20. The Hall–Kier alpha value is -3.13. The maximum absolute atomic E-state index is 12.9. The number of fused-ring (bicyclic) bond motifs is 1. The van der Waals surface area contributed by atoms with E-state index in [4.69, 9.17) is 14.5 Å². The van der Waals surface area contributed by atoms with Gasteiger partial charge in [-0.05, 0) is 43.5 Å². The lowest BCUT2D eigenvalue weighted by Crippen LogP contribution is -2.33. The average molecular weight is 407 g/mol. The van der Waals surface area contributed by atoms with Crippen molar-refractivity contribution in [1.82, 2.24) is 19.9 Å². The van der Waals surface area contributed by atoms with Crippen molar-refractivity contribution < 1.29 is 14.3 Å². The third-order valence-electron chi connectivity index (χ3n) is 5.61. The van der Waals surface area contributed by atoms with E-state index in [9.17, 15) is 4.79 Å². The number of benzene rings is 1. The summed E-state index contributed by atoms with van der Waals surface area (Å²) < 4.78 is 11.0. The van der Waals surface area contributed by atoms with Gasteiger partial charge in [0.05, 0.1) is 25.1 Å². The summed E-state index contributed by atoms with van der Waals surface area (Å²) in [6.07, 6.45) is 5.07. The molecule has 1 aromatic carbocycles. The second kappa shape index (κ2) is 7.95. The van der Waals surface area contributed by atoms with E-state index in [1.54, 1.807) is 13.2 Å². The van der Waals surface area contributed by atoms with Crippen LogP contribution in [0.3, 0.4) is 0 Å². The Morgan fingerprint density at radius 3 is 2.97 bits per heavy atom. The van der Waals surface area contributed by atoms with Gasteiger partial charge in [-0.25, -0.2) is 4.98 Å². The fourth-order valence-corrected chi connectivity index (χ4v) is 3.87. The summed E-state index contributed by atoms with van der Waals surface area (Å²) in [5, 5.41) is 4.35. The van der Waals surface area contributed by atoms with E-state index in [0.29, 0.717) is 49.5 Å². The zero-order chi connectivity index (χ0) is 20.5. The fourth-order valence-electron chi connectivity index (χ4n) is 3.87. The number of nitrogens with zero attached hydrogens (tertiary/aromatic N) is 3. The first-order chi connectivity index (χ1) is 14.7. The minimum atomic E-state index is -0.00887. The van der Waals surface area contributed by atoms with Crippen molar-refractivity contribution in [1.29, 1.82) is 0 Å². The lowest BCUT2D eigenvalue weighted by molar-refractivity contribution is 0.0741. The van der Waals surface area contributed by atoms with Crippen LogP contribution in [0.1, 0.15) is 41.2 Å². The van der Waals surface area contributed by atoms with E-state index in [0.717, 1.165) is 28.8 Å². The first kappa shape index (κ1) is 18.9. The van der Waals surface area contributed by atoms with Gasteiger partial charge in [-0.3, -0.25) is 4.79 Å². The molecule has 0 atom stereocenters. The van der Waals surface area contributed by atoms with Crippen LogP contribution in [-0.2, 0) is 4.74 Å². The zero-order valence-corrected chi connectivity index (χ0v) is 17.0. The largest absolute Gasteiger partial charge is 0.495 e. The van der Waals surface area contributed by atoms with Crippen LogP contribution in [0.25, 0.3) is 11.0 Å². The molecule has 1 aliphatic carbocycles. The van der Waals surface area contributed by atoms with E-state index in [1.807, 2.05) is 29.3 Å². The highest BCUT2D eigenvalue weighted by Gasteiger charge is 2.28. The topological polar surface area (TPSA) is 92.4 Å². The fraction of sp³-hybridized carbons (Fsp3) is 0.409. The van der Waals surface area contributed by atoms with Crippen LogP contribution in [0.4, 0.5) is 11.6 Å².